The first-order valence-corrected chi connectivity index (χ1v) is 12.1. The molecule has 2 aromatic carbocycles. The van der Waals surface area contributed by atoms with E-state index in [0.29, 0.717) is 22.9 Å². The van der Waals surface area contributed by atoms with E-state index in [1.165, 1.54) is 47.1 Å². The normalized spacial score (nSPS) is 13.3. The van der Waals surface area contributed by atoms with Gasteiger partial charge in [0.15, 0.2) is 5.16 Å². The molecule has 1 aliphatic carbocycles. The van der Waals surface area contributed by atoms with Crippen LogP contribution in [-0.2, 0) is 12.8 Å². The van der Waals surface area contributed by atoms with E-state index in [1.807, 2.05) is 30.3 Å². The molecule has 0 spiro atoms. The van der Waals surface area contributed by atoms with Crippen LogP contribution in [0.1, 0.15) is 24.0 Å². The summed E-state index contributed by atoms with van der Waals surface area (Å²) in [6, 6.07) is 16.4. The number of aromatic amines is 1. The maximum Gasteiger partial charge on any atom is 0.260 e. The van der Waals surface area contributed by atoms with Crippen molar-refractivity contribution < 1.29 is 4.74 Å². The number of ether oxygens (including phenoxy) is 1. The van der Waals surface area contributed by atoms with Gasteiger partial charge in [0.2, 0.25) is 0 Å². The van der Waals surface area contributed by atoms with Crippen LogP contribution >= 0.6 is 23.1 Å². The van der Waals surface area contributed by atoms with E-state index >= 15 is 0 Å². The lowest BCUT2D eigenvalue weighted by Gasteiger charge is -2.16. The number of rotatable bonds is 6. The molecule has 0 aliphatic heterocycles. The molecule has 0 saturated heterocycles. The standard InChI is InChI=1S/C24H22N2O2S2/c27-22-21-20(18-11-10-16-6-4-5-7-17(16)14-18)15-30-23(21)26-24(25-22)29-13-12-28-19-8-2-1-3-9-19/h1-3,8-11,14-15H,4-7,12-13H2,(H,25,26,27). The molecule has 4 nitrogen and oxygen atoms in total. The van der Waals surface area contributed by atoms with Gasteiger partial charge < -0.3 is 9.72 Å². The molecule has 4 aromatic rings. The summed E-state index contributed by atoms with van der Waals surface area (Å²) >= 11 is 3.04. The number of H-pyrrole nitrogens is 1. The third-order valence-electron chi connectivity index (χ3n) is 5.42. The number of nitrogens with one attached hydrogen (secondary N) is 1. The van der Waals surface area contributed by atoms with Gasteiger partial charge in [-0.15, -0.1) is 11.3 Å². The Kier molecular flexibility index (Phi) is 5.60. The quantitative estimate of drug-likeness (QED) is 0.240. The van der Waals surface area contributed by atoms with Crippen LogP contribution in [0.3, 0.4) is 0 Å². The zero-order valence-electron chi connectivity index (χ0n) is 16.5. The van der Waals surface area contributed by atoms with Crippen LogP contribution in [0.25, 0.3) is 21.3 Å². The van der Waals surface area contributed by atoms with Gasteiger partial charge in [0.05, 0.1) is 12.0 Å². The Bertz CT molecular complexity index is 1230. The maximum atomic E-state index is 12.9. The van der Waals surface area contributed by atoms with Crippen LogP contribution in [0, 0.1) is 0 Å². The molecule has 6 heteroatoms. The van der Waals surface area contributed by atoms with E-state index in [2.05, 4.69) is 33.5 Å². The van der Waals surface area contributed by atoms with Gasteiger partial charge in [-0.3, -0.25) is 4.79 Å². The number of hydrogen-bond acceptors (Lipinski definition) is 5. The molecule has 1 N–H and O–H groups in total. The average Bonchev–Trinajstić information content (AvgIpc) is 3.22. The molecule has 0 saturated carbocycles. The van der Waals surface area contributed by atoms with Crippen molar-refractivity contribution in [2.45, 2.75) is 30.8 Å². The summed E-state index contributed by atoms with van der Waals surface area (Å²) in [5, 5.41) is 3.40. The molecular weight excluding hydrogens is 412 g/mol. The van der Waals surface area contributed by atoms with Gasteiger partial charge in [-0.1, -0.05) is 48.2 Å². The summed E-state index contributed by atoms with van der Waals surface area (Å²) < 4.78 is 5.71. The number of aromatic nitrogens is 2. The first-order chi connectivity index (χ1) is 14.8. The van der Waals surface area contributed by atoms with E-state index in [0.717, 1.165) is 34.5 Å². The lowest BCUT2D eigenvalue weighted by Crippen LogP contribution is -2.10. The topological polar surface area (TPSA) is 55.0 Å². The minimum atomic E-state index is -0.0690. The fourth-order valence-electron chi connectivity index (χ4n) is 3.93. The first-order valence-electron chi connectivity index (χ1n) is 10.2. The summed E-state index contributed by atoms with van der Waals surface area (Å²) in [6.45, 7) is 0.557. The Balaban J connectivity index is 1.34. The Labute approximate surface area is 183 Å². The first kappa shape index (κ1) is 19.4. The average molecular weight is 435 g/mol. The largest absolute Gasteiger partial charge is 0.493 e. The highest BCUT2D eigenvalue weighted by molar-refractivity contribution is 7.99. The van der Waals surface area contributed by atoms with Crippen molar-refractivity contribution in [1.29, 1.82) is 0 Å². The fourth-order valence-corrected chi connectivity index (χ4v) is 5.61. The summed E-state index contributed by atoms with van der Waals surface area (Å²) in [4.78, 5) is 21.3. The van der Waals surface area contributed by atoms with Crippen LogP contribution in [0.15, 0.2) is 63.9 Å². The van der Waals surface area contributed by atoms with Crippen LogP contribution in [0.2, 0.25) is 0 Å². The summed E-state index contributed by atoms with van der Waals surface area (Å²) in [5.41, 5.74) is 4.91. The van der Waals surface area contributed by atoms with Gasteiger partial charge in [-0.25, -0.2) is 4.98 Å². The Hall–Kier alpha value is -2.57. The second-order valence-corrected chi connectivity index (χ2v) is 9.34. The monoisotopic (exact) mass is 434 g/mol. The number of thiophene rings is 1. The molecule has 30 heavy (non-hydrogen) atoms. The third-order valence-corrected chi connectivity index (χ3v) is 7.13. The van der Waals surface area contributed by atoms with E-state index < -0.39 is 0 Å². The Morgan fingerprint density at radius 1 is 1.07 bits per heavy atom. The molecule has 2 aromatic heterocycles. The van der Waals surface area contributed by atoms with Crippen molar-refractivity contribution in [2.75, 3.05) is 12.4 Å². The van der Waals surface area contributed by atoms with Gasteiger partial charge in [0, 0.05) is 16.7 Å². The van der Waals surface area contributed by atoms with Crippen LogP contribution in [0.4, 0.5) is 0 Å². The van der Waals surface area contributed by atoms with Crippen molar-refractivity contribution in [3.8, 4) is 16.9 Å². The van der Waals surface area contributed by atoms with E-state index in [9.17, 15) is 4.79 Å². The number of hydrogen-bond donors (Lipinski definition) is 1. The molecule has 0 amide bonds. The Morgan fingerprint density at radius 2 is 1.90 bits per heavy atom. The van der Waals surface area contributed by atoms with Crippen molar-refractivity contribution in [1.82, 2.24) is 9.97 Å². The SMILES string of the molecule is O=c1[nH]c(SCCOc2ccccc2)nc2scc(-c3ccc4c(c3)CCCC4)c12. The summed E-state index contributed by atoms with van der Waals surface area (Å²) in [6.07, 6.45) is 4.81. The molecule has 0 fully saturated rings. The lowest BCUT2D eigenvalue weighted by atomic mass is 9.89. The predicted molar refractivity (Wildman–Crippen MR) is 125 cm³/mol. The summed E-state index contributed by atoms with van der Waals surface area (Å²) in [5.74, 6) is 1.56. The molecule has 2 heterocycles. The van der Waals surface area contributed by atoms with Crippen molar-refractivity contribution in [3.63, 3.8) is 0 Å². The molecule has 0 atom stereocenters. The number of aryl methyl sites for hydroxylation is 2. The van der Waals surface area contributed by atoms with Crippen LogP contribution < -0.4 is 10.3 Å². The fraction of sp³-hybridized carbons (Fsp3) is 0.250. The molecule has 0 unspecified atom stereocenters. The minimum Gasteiger partial charge on any atom is -0.493 e. The van der Waals surface area contributed by atoms with Gasteiger partial charge in [-0.05, 0) is 54.5 Å². The van der Waals surface area contributed by atoms with E-state index in [4.69, 9.17) is 4.74 Å². The predicted octanol–water partition coefficient (Wildman–Crippen LogP) is 5.70. The van der Waals surface area contributed by atoms with E-state index in [1.54, 1.807) is 0 Å². The smallest absolute Gasteiger partial charge is 0.260 e. The van der Waals surface area contributed by atoms with Crippen molar-refractivity contribution in [2.24, 2.45) is 0 Å². The Morgan fingerprint density at radius 3 is 2.77 bits per heavy atom. The highest BCUT2D eigenvalue weighted by Crippen LogP contribution is 2.34. The van der Waals surface area contributed by atoms with Crippen LogP contribution in [-0.4, -0.2) is 22.3 Å². The molecular formula is C24H22N2O2S2. The lowest BCUT2D eigenvalue weighted by molar-refractivity contribution is 0.344. The van der Waals surface area contributed by atoms with Crippen molar-refractivity contribution in [3.05, 3.63) is 75.4 Å². The molecule has 152 valence electrons. The third kappa shape index (κ3) is 4.02. The zero-order chi connectivity index (χ0) is 20.3. The highest BCUT2D eigenvalue weighted by atomic mass is 32.2. The van der Waals surface area contributed by atoms with Gasteiger partial charge in [0.25, 0.3) is 5.56 Å². The minimum absolute atomic E-state index is 0.0690. The molecule has 1 aliphatic rings. The van der Waals surface area contributed by atoms with Gasteiger partial charge in [-0.2, -0.15) is 0 Å². The zero-order valence-corrected chi connectivity index (χ0v) is 18.2. The molecule has 0 radical (unpaired) electrons. The number of nitrogens with zero attached hydrogens (tertiary/aromatic N) is 1. The van der Waals surface area contributed by atoms with Crippen LogP contribution in [0.5, 0.6) is 5.75 Å². The maximum absolute atomic E-state index is 12.9. The number of thioether (sulfide) groups is 1. The summed E-state index contributed by atoms with van der Waals surface area (Å²) in [7, 11) is 0. The second kappa shape index (κ2) is 8.66. The van der Waals surface area contributed by atoms with Crippen molar-refractivity contribution >= 4 is 33.3 Å². The number of para-hydroxylation sites is 1. The second-order valence-electron chi connectivity index (χ2n) is 7.40. The molecule has 5 rings (SSSR count). The highest BCUT2D eigenvalue weighted by Gasteiger charge is 2.16. The molecule has 0 bridgehead atoms. The van der Waals surface area contributed by atoms with Gasteiger partial charge >= 0.3 is 0 Å². The van der Waals surface area contributed by atoms with E-state index in [-0.39, 0.29) is 5.56 Å². The number of fused-ring (bicyclic) bond motifs is 2. The number of benzene rings is 2. The van der Waals surface area contributed by atoms with Gasteiger partial charge in [0.1, 0.15) is 10.6 Å².